The third kappa shape index (κ3) is 5.79. The number of carbonyl (C=O) groups excluding carboxylic acids is 1. The highest BCUT2D eigenvalue weighted by atomic mass is 35.5. The number of alkyl halides is 1. The Morgan fingerprint density at radius 1 is 1.45 bits per heavy atom. The number of hydrogen-bond acceptors (Lipinski definition) is 3. The summed E-state index contributed by atoms with van der Waals surface area (Å²) in [6.45, 7) is 0.706. The molecule has 0 radical (unpaired) electrons. The van der Waals surface area contributed by atoms with Gasteiger partial charge < -0.3 is 9.64 Å². The molecule has 108 valence electrons. The Balaban J connectivity index is 2.74. The number of ether oxygens (including phenoxy) is 1. The summed E-state index contributed by atoms with van der Waals surface area (Å²) in [6, 6.07) is 9.23. The van der Waals surface area contributed by atoms with E-state index in [2.05, 4.69) is 0 Å². The summed E-state index contributed by atoms with van der Waals surface area (Å²) in [4.78, 5) is 13.6. The fourth-order valence-corrected chi connectivity index (χ4v) is 2.04. The topological polar surface area (TPSA) is 53.3 Å². The Hall–Kier alpha value is -1.28. The van der Waals surface area contributed by atoms with Crippen LogP contribution in [-0.2, 0) is 16.1 Å². The standard InChI is InChI=1S/C14H16Cl2N2O2/c1-20-10-14(19)18(9-13(16)6-7-17)8-11-2-4-12(15)5-3-11/h2-5,13H,6,8-10H2,1H3. The zero-order valence-electron chi connectivity index (χ0n) is 11.2. The van der Waals surface area contributed by atoms with Crippen molar-refractivity contribution in [2.45, 2.75) is 18.3 Å². The van der Waals surface area contributed by atoms with Gasteiger partial charge in [0.2, 0.25) is 5.91 Å². The van der Waals surface area contributed by atoms with Crippen LogP contribution in [0.3, 0.4) is 0 Å². The summed E-state index contributed by atoms with van der Waals surface area (Å²) in [7, 11) is 1.46. The van der Waals surface area contributed by atoms with E-state index >= 15 is 0 Å². The molecule has 1 rings (SSSR count). The number of halogens is 2. The van der Waals surface area contributed by atoms with Gasteiger partial charge in [0.05, 0.1) is 17.9 Å². The van der Waals surface area contributed by atoms with Gasteiger partial charge in [-0.1, -0.05) is 23.7 Å². The molecule has 1 atom stereocenters. The molecule has 0 aromatic heterocycles. The maximum absolute atomic E-state index is 12.0. The smallest absolute Gasteiger partial charge is 0.248 e. The first kappa shape index (κ1) is 16.8. The summed E-state index contributed by atoms with van der Waals surface area (Å²) in [6.07, 6.45) is 0.193. The molecule has 20 heavy (non-hydrogen) atoms. The fourth-order valence-electron chi connectivity index (χ4n) is 1.68. The van der Waals surface area contributed by atoms with E-state index in [-0.39, 0.29) is 18.9 Å². The number of hydrogen-bond donors (Lipinski definition) is 0. The summed E-state index contributed by atoms with van der Waals surface area (Å²) >= 11 is 11.9. The molecule has 0 aliphatic rings. The molecule has 1 unspecified atom stereocenters. The van der Waals surface area contributed by atoms with Gasteiger partial charge in [0.1, 0.15) is 6.61 Å². The first-order valence-electron chi connectivity index (χ1n) is 6.09. The second kappa shape index (κ2) is 8.80. The van der Waals surface area contributed by atoms with E-state index < -0.39 is 5.38 Å². The zero-order valence-corrected chi connectivity index (χ0v) is 12.7. The van der Waals surface area contributed by atoms with Crippen molar-refractivity contribution in [2.75, 3.05) is 20.3 Å². The molecular weight excluding hydrogens is 299 g/mol. The van der Waals surface area contributed by atoms with Crippen molar-refractivity contribution in [1.29, 1.82) is 5.26 Å². The van der Waals surface area contributed by atoms with Crippen molar-refractivity contribution in [2.24, 2.45) is 0 Å². The van der Waals surface area contributed by atoms with E-state index in [0.717, 1.165) is 5.56 Å². The maximum Gasteiger partial charge on any atom is 0.248 e. The van der Waals surface area contributed by atoms with E-state index in [1.54, 1.807) is 17.0 Å². The highest BCUT2D eigenvalue weighted by Crippen LogP contribution is 2.13. The lowest BCUT2D eigenvalue weighted by Crippen LogP contribution is -2.37. The predicted molar refractivity (Wildman–Crippen MR) is 78.6 cm³/mol. The van der Waals surface area contributed by atoms with Crippen LogP contribution in [0.25, 0.3) is 0 Å². The van der Waals surface area contributed by atoms with Gasteiger partial charge in [-0.3, -0.25) is 4.79 Å². The van der Waals surface area contributed by atoms with Crippen molar-refractivity contribution >= 4 is 29.1 Å². The Bertz CT molecular complexity index is 471. The van der Waals surface area contributed by atoms with Gasteiger partial charge in [0.25, 0.3) is 0 Å². The minimum atomic E-state index is -0.395. The highest BCUT2D eigenvalue weighted by molar-refractivity contribution is 6.30. The monoisotopic (exact) mass is 314 g/mol. The summed E-state index contributed by atoms with van der Waals surface area (Å²) in [5.74, 6) is -0.161. The molecule has 6 heteroatoms. The first-order valence-corrected chi connectivity index (χ1v) is 6.90. The number of nitrogens with zero attached hydrogens (tertiary/aromatic N) is 2. The number of amides is 1. The Kier molecular flexibility index (Phi) is 7.38. The summed E-state index contributed by atoms with van der Waals surface area (Å²) in [5.41, 5.74) is 0.944. The van der Waals surface area contributed by atoms with Crippen LogP contribution in [-0.4, -0.2) is 36.4 Å². The summed E-state index contributed by atoms with van der Waals surface area (Å²) < 4.78 is 4.86. The first-order chi connectivity index (χ1) is 9.56. The van der Waals surface area contributed by atoms with E-state index in [1.807, 2.05) is 18.2 Å². The second-order valence-corrected chi connectivity index (χ2v) is 5.35. The molecule has 0 aliphatic carbocycles. The van der Waals surface area contributed by atoms with Crippen LogP contribution in [0.5, 0.6) is 0 Å². The second-order valence-electron chi connectivity index (χ2n) is 4.29. The molecule has 0 saturated heterocycles. The molecule has 0 saturated carbocycles. The van der Waals surface area contributed by atoms with Crippen LogP contribution in [0.2, 0.25) is 5.02 Å². The van der Waals surface area contributed by atoms with Crippen LogP contribution in [0.4, 0.5) is 0 Å². The molecule has 0 heterocycles. The molecule has 1 aromatic rings. The van der Waals surface area contributed by atoms with Gasteiger partial charge in [-0.2, -0.15) is 5.26 Å². The minimum absolute atomic E-state index is 0.0102. The van der Waals surface area contributed by atoms with Crippen LogP contribution >= 0.6 is 23.2 Å². The van der Waals surface area contributed by atoms with Crippen molar-refractivity contribution in [3.05, 3.63) is 34.9 Å². The maximum atomic E-state index is 12.0. The number of rotatable bonds is 7. The Morgan fingerprint density at radius 3 is 2.65 bits per heavy atom. The Morgan fingerprint density at radius 2 is 2.10 bits per heavy atom. The van der Waals surface area contributed by atoms with E-state index in [4.69, 9.17) is 33.2 Å². The average Bonchev–Trinajstić information content (AvgIpc) is 2.41. The molecule has 0 bridgehead atoms. The van der Waals surface area contributed by atoms with E-state index in [9.17, 15) is 4.79 Å². The van der Waals surface area contributed by atoms with Crippen LogP contribution in [0.1, 0.15) is 12.0 Å². The largest absolute Gasteiger partial charge is 0.375 e. The normalized spacial score (nSPS) is 11.7. The zero-order chi connectivity index (χ0) is 15.0. The molecule has 1 amide bonds. The van der Waals surface area contributed by atoms with Gasteiger partial charge in [-0.25, -0.2) is 0 Å². The molecule has 0 spiro atoms. The average molecular weight is 315 g/mol. The third-order valence-electron chi connectivity index (χ3n) is 2.64. The highest BCUT2D eigenvalue weighted by Gasteiger charge is 2.17. The predicted octanol–water partition coefficient (Wildman–Crippen LogP) is 2.84. The van der Waals surface area contributed by atoms with E-state index in [1.165, 1.54) is 7.11 Å². The molecule has 4 nitrogen and oxygen atoms in total. The number of benzene rings is 1. The molecule has 0 aliphatic heterocycles. The van der Waals surface area contributed by atoms with Crippen LogP contribution in [0.15, 0.2) is 24.3 Å². The van der Waals surface area contributed by atoms with Gasteiger partial charge in [-0.15, -0.1) is 11.6 Å². The van der Waals surface area contributed by atoms with Crippen LogP contribution < -0.4 is 0 Å². The minimum Gasteiger partial charge on any atom is -0.375 e. The van der Waals surface area contributed by atoms with Crippen LogP contribution in [0, 0.1) is 11.3 Å². The van der Waals surface area contributed by atoms with Crippen molar-refractivity contribution in [3.63, 3.8) is 0 Å². The fraction of sp³-hybridized carbons (Fsp3) is 0.429. The SMILES string of the molecule is COCC(=O)N(Cc1ccc(Cl)cc1)CC(Cl)CC#N. The molecule has 0 fully saturated rings. The lowest BCUT2D eigenvalue weighted by Gasteiger charge is -2.24. The number of methoxy groups -OCH3 is 1. The molecule has 0 N–H and O–H groups in total. The van der Waals surface area contributed by atoms with E-state index in [0.29, 0.717) is 18.1 Å². The van der Waals surface area contributed by atoms with Crippen molar-refractivity contribution in [1.82, 2.24) is 4.90 Å². The lowest BCUT2D eigenvalue weighted by molar-refractivity contribution is -0.135. The lowest BCUT2D eigenvalue weighted by atomic mass is 10.2. The van der Waals surface area contributed by atoms with Gasteiger partial charge in [0.15, 0.2) is 0 Å². The molecule has 1 aromatic carbocycles. The quantitative estimate of drug-likeness (QED) is 0.727. The summed E-state index contributed by atoms with van der Waals surface area (Å²) in [5, 5.41) is 8.88. The number of carbonyl (C=O) groups is 1. The van der Waals surface area contributed by atoms with Crippen molar-refractivity contribution in [3.8, 4) is 6.07 Å². The van der Waals surface area contributed by atoms with Gasteiger partial charge in [-0.05, 0) is 17.7 Å². The third-order valence-corrected chi connectivity index (χ3v) is 3.18. The Labute approximate surface area is 128 Å². The van der Waals surface area contributed by atoms with Gasteiger partial charge in [0, 0.05) is 25.2 Å². The molecular formula is C14H16Cl2N2O2. The van der Waals surface area contributed by atoms with Crippen molar-refractivity contribution < 1.29 is 9.53 Å². The number of nitriles is 1. The van der Waals surface area contributed by atoms with Gasteiger partial charge >= 0.3 is 0 Å².